The van der Waals surface area contributed by atoms with E-state index >= 15 is 0 Å². The largest absolute Gasteiger partial charge is 0.493 e. The first-order chi connectivity index (χ1) is 11.6. The molecule has 2 aromatic carbocycles. The monoisotopic (exact) mass is 343 g/mol. The van der Waals surface area contributed by atoms with Crippen molar-refractivity contribution in [2.45, 2.75) is 0 Å². The number of ether oxygens (including phenoxy) is 1. The number of amides is 1. The van der Waals surface area contributed by atoms with Crippen LogP contribution in [-0.2, 0) is 11.8 Å². The predicted molar refractivity (Wildman–Crippen MR) is 91.1 cm³/mol. The smallest absolute Gasteiger partial charge is 0.302 e. The first-order valence-corrected chi connectivity index (χ1v) is 7.53. The van der Waals surface area contributed by atoms with E-state index in [-0.39, 0.29) is 18.2 Å². The zero-order valence-electron chi connectivity index (χ0n) is 12.8. The number of benzene rings is 2. The van der Waals surface area contributed by atoms with Crippen molar-refractivity contribution in [2.24, 2.45) is 17.3 Å². The third kappa shape index (κ3) is 3.23. The number of halogens is 1. The molecule has 0 saturated carbocycles. The van der Waals surface area contributed by atoms with Crippen molar-refractivity contribution < 1.29 is 14.6 Å². The number of azo groups is 1. The topological polar surface area (TPSA) is 76.2 Å². The molecule has 0 atom stereocenters. The molecular formula is C17H14ClN3O3. The Hall–Kier alpha value is -2.86. The van der Waals surface area contributed by atoms with Crippen LogP contribution in [0.2, 0.25) is 5.02 Å². The van der Waals surface area contributed by atoms with Gasteiger partial charge in [-0.1, -0.05) is 29.8 Å². The van der Waals surface area contributed by atoms with Crippen molar-refractivity contribution in [3.05, 3.63) is 53.6 Å². The summed E-state index contributed by atoms with van der Waals surface area (Å²) in [6.45, 7) is -0.236. The number of carbonyl (C=O) groups excluding carboxylic acids is 1. The summed E-state index contributed by atoms with van der Waals surface area (Å²) in [5.41, 5.74) is 0.932. The van der Waals surface area contributed by atoms with Gasteiger partial charge in [-0.2, -0.15) is 0 Å². The van der Waals surface area contributed by atoms with Crippen molar-refractivity contribution in [3.63, 3.8) is 0 Å². The Morgan fingerprint density at radius 1 is 1.25 bits per heavy atom. The van der Waals surface area contributed by atoms with Gasteiger partial charge < -0.3 is 14.4 Å². The molecule has 0 saturated heterocycles. The van der Waals surface area contributed by atoms with Gasteiger partial charge in [0.15, 0.2) is 12.3 Å². The third-order valence-electron chi connectivity index (χ3n) is 3.47. The minimum Gasteiger partial charge on any atom is -0.493 e. The van der Waals surface area contributed by atoms with Gasteiger partial charge in [0.05, 0.1) is 5.52 Å². The van der Waals surface area contributed by atoms with E-state index < -0.39 is 5.91 Å². The molecule has 1 N–H and O–H groups in total. The van der Waals surface area contributed by atoms with Gasteiger partial charge in [-0.25, -0.2) is 0 Å². The normalized spacial score (nSPS) is 11.2. The maximum atomic E-state index is 11.8. The predicted octanol–water partition coefficient (Wildman–Crippen LogP) is 4.23. The minimum atomic E-state index is -0.558. The van der Waals surface area contributed by atoms with Gasteiger partial charge in [0.25, 0.3) is 0 Å². The van der Waals surface area contributed by atoms with Crippen LogP contribution in [0.25, 0.3) is 10.9 Å². The van der Waals surface area contributed by atoms with E-state index in [1.165, 1.54) is 0 Å². The highest BCUT2D eigenvalue weighted by Crippen LogP contribution is 2.39. The first kappa shape index (κ1) is 16.0. The zero-order valence-corrected chi connectivity index (χ0v) is 13.6. The number of fused-ring (bicyclic) bond motifs is 1. The summed E-state index contributed by atoms with van der Waals surface area (Å²) < 4.78 is 6.85. The van der Waals surface area contributed by atoms with Crippen molar-refractivity contribution in [1.29, 1.82) is 0 Å². The molecule has 0 fully saturated rings. The van der Waals surface area contributed by atoms with E-state index in [1.807, 2.05) is 6.07 Å². The Bertz CT molecular complexity index is 920. The fourth-order valence-corrected chi connectivity index (χ4v) is 2.45. The highest BCUT2D eigenvalue weighted by Gasteiger charge is 2.15. The van der Waals surface area contributed by atoms with Crippen LogP contribution in [-0.4, -0.2) is 22.2 Å². The Morgan fingerprint density at radius 3 is 2.75 bits per heavy atom. The number of para-hydroxylation sites is 1. The van der Waals surface area contributed by atoms with E-state index in [0.29, 0.717) is 16.2 Å². The minimum absolute atomic E-state index is 0.0900. The molecule has 3 aromatic rings. The summed E-state index contributed by atoms with van der Waals surface area (Å²) in [6, 6.07) is 14.1. The van der Waals surface area contributed by atoms with Crippen molar-refractivity contribution >= 4 is 34.1 Å². The van der Waals surface area contributed by atoms with E-state index in [1.54, 1.807) is 54.1 Å². The lowest BCUT2D eigenvalue weighted by Crippen LogP contribution is -2.07. The fraction of sp³-hybridized carbons (Fsp3) is 0.118. The molecule has 0 radical (unpaired) electrons. The van der Waals surface area contributed by atoms with Crippen molar-refractivity contribution in [2.75, 3.05) is 6.61 Å². The molecule has 0 bridgehead atoms. The number of carbonyl (C=O) groups is 1. The molecule has 7 heteroatoms. The molecule has 1 amide bonds. The molecule has 0 unspecified atom stereocenters. The third-order valence-corrected chi connectivity index (χ3v) is 3.71. The molecule has 1 aromatic heterocycles. The maximum absolute atomic E-state index is 11.8. The van der Waals surface area contributed by atoms with Crippen LogP contribution in [0.15, 0.2) is 58.8 Å². The molecule has 0 aliphatic carbocycles. The van der Waals surface area contributed by atoms with Gasteiger partial charge in [0.2, 0.25) is 5.88 Å². The average molecular weight is 344 g/mol. The van der Waals surface area contributed by atoms with Crippen molar-refractivity contribution in [1.82, 2.24) is 4.57 Å². The summed E-state index contributed by atoms with van der Waals surface area (Å²) in [5.74, 6) is -0.0779. The van der Waals surface area contributed by atoms with Crippen LogP contribution >= 0.6 is 11.6 Å². The number of aryl methyl sites for hydroxylation is 1. The molecule has 122 valence electrons. The Labute approximate surface area is 143 Å². The maximum Gasteiger partial charge on any atom is 0.302 e. The number of hydrogen-bond acceptors (Lipinski definition) is 4. The molecule has 3 rings (SSSR count). The van der Waals surface area contributed by atoms with Crippen molar-refractivity contribution in [3.8, 4) is 11.6 Å². The van der Waals surface area contributed by atoms with Crippen LogP contribution in [0, 0.1) is 0 Å². The summed E-state index contributed by atoms with van der Waals surface area (Å²) in [6.07, 6.45) is 0. The summed E-state index contributed by atoms with van der Waals surface area (Å²) >= 11 is 5.98. The highest BCUT2D eigenvalue weighted by molar-refractivity contribution is 6.31. The summed E-state index contributed by atoms with van der Waals surface area (Å²) in [4.78, 5) is 11.8. The van der Waals surface area contributed by atoms with Crippen LogP contribution in [0.3, 0.4) is 0 Å². The van der Waals surface area contributed by atoms with Crippen LogP contribution in [0.4, 0.5) is 5.69 Å². The zero-order chi connectivity index (χ0) is 17.1. The van der Waals surface area contributed by atoms with E-state index in [9.17, 15) is 9.90 Å². The Morgan fingerprint density at radius 2 is 2.00 bits per heavy atom. The highest BCUT2D eigenvalue weighted by atomic mass is 35.5. The molecule has 24 heavy (non-hydrogen) atoms. The molecule has 6 nitrogen and oxygen atoms in total. The van der Waals surface area contributed by atoms with E-state index in [0.717, 1.165) is 5.52 Å². The standard InChI is InChI=1S/C17H14ClN3O3/c1-21-14-8-7-11(18)9-13(14)16(17(21)23)20-19-15(22)10-24-12-5-3-2-4-6-12/h2-9,23H,10H2,1H3. The molecule has 0 spiro atoms. The van der Waals surface area contributed by atoms with Gasteiger partial charge in [-0.05, 0) is 30.3 Å². The average Bonchev–Trinajstić information content (AvgIpc) is 2.82. The number of aromatic nitrogens is 1. The molecule has 1 heterocycles. The van der Waals surface area contributed by atoms with Crippen LogP contribution < -0.4 is 4.74 Å². The SMILES string of the molecule is Cn1c(O)c(N=NC(=O)COc2ccccc2)c2cc(Cl)ccc21. The van der Waals surface area contributed by atoms with Crippen LogP contribution in [0.5, 0.6) is 11.6 Å². The fourth-order valence-electron chi connectivity index (χ4n) is 2.28. The molecule has 0 aliphatic rings. The van der Waals surface area contributed by atoms with Gasteiger partial charge >= 0.3 is 5.91 Å². The lowest BCUT2D eigenvalue weighted by molar-refractivity contribution is -0.120. The quantitative estimate of drug-likeness (QED) is 0.720. The lowest BCUT2D eigenvalue weighted by atomic mass is 10.2. The van der Waals surface area contributed by atoms with Gasteiger partial charge in [-0.3, -0.25) is 4.79 Å². The van der Waals surface area contributed by atoms with E-state index in [2.05, 4.69) is 10.2 Å². The van der Waals surface area contributed by atoms with Crippen LogP contribution in [0.1, 0.15) is 0 Å². The van der Waals surface area contributed by atoms with Gasteiger partial charge in [0, 0.05) is 17.5 Å². The summed E-state index contributed by atoms with van der Waals surface area (Å²) in [5, 5.41) is 18.8. The number of aromatic hydroxyl groups is 1. The Kier molecular flexibility index (Phi) is 4.48. The number of rotatable bonds is 4. The van der Waals surface area contributed by atoms with Gasteiger partial charge in [0.1, 0.15) is 5.75 Å². The first-order valence-electron chi connectivity index (χ1n) is 7.15. The molecule has 0 aliphatic heterocycles. The second-order valence-corrected chi connectivity index (χ2v) is 5.52. The second kappa shape index (κ2) is 6.72. The van der Waals surface area contributed by atoms with Gasteiger partial charge in [-0.15, -0.1) is 10.2 Å². The summed E-state index contributed by atoms with van der Waals surface area (Å²) in [7, 11) is 1.69. The molecular weight excluding hydrogens is 330 g/mol. The second-order valence-electron chi connectivity index (χ2n) is 5.09. The Balaban J connectivity index is 1.79. The number of hydrogen-bond donors (Lipinski definition) is 1. The van der Waals surface area contributed by atoms with E-state index in [4.69, 9.17) is 16.3 Å². The lowest BCUT2D eigenvalue weighted by Gasteiger charge is -2.01. The number of nitrogens with zero attached hydrogens (tertiary/aromatic N) is 3.